The summed E-state index contributed by atoms with van der Waals surface area (Å²) in [6.07, 6.45) is 0. The van der Waals surface area contributed by atoms with Gasteiger partial charge in [0.1, 0.15) is 16.5 Å². The predicted molar refractivity (Wildman–Crippen MR) is 110 cm³/mol. The second-order valence-corrected chi connectivity index (χ2v) is 7.28. The third kappa shape index (κ3) is 3.06. The Labute approximate surface area is 172 Å². The van der Waals surface area contributed by atoms with E-state index in [1.807, 2.05) is 30.3 Å². The molecule has 1 N–H and O–H groups in total. The number of ether oxygens (including phenoxy) is 1. The smallest absolute Gasteiger partial charge is 0.270 e. The summed E-state index contributed by atoms with van der Waals surface area (Å²) in [6, 6.07) is 15.8. The molecule has 0 bridgehead atoms. The number of H-pyrrole nitrogens is 1. The Kier molecular flexibility index (Phi) is 4.21. The lowest BCUT2D eigenvalue weighted by molar-refractivity contribution is -0.384. The van der Waals surface area contributed by atoms with Crippen LogP contribution in [0, 0.1) is 10.1 Å². The van der Waals surface area contributed by atoms with E-state index in [1.165, 1.54) is 23.5 Å². The highest BCUT2D eigenvalue weighted by Gasteiger charge is 2.18. The average Bonchev–Trinajstić information content (AvgIpc) is 3.49. The number of hydrogen-bond donors (Lipinski definition) is 1. The van der Waals surface area contributed by atoms with Crippen molar-refractivity contribution in [2.75, 3.05) is 7.11 Å². The summed E-state index contributed by atoms with van der Waals surface area (Å²) in [5.41, 5.74) is 2.99. The largest absolute Gasteiger partial charge is 0.497 e. The highest BCUT2D eigenvalue weighted by Crippen LogP contribution is 2.30. The van der Waals surface area contributed by atoms with Gasteiger partial charge in [-0.05, 0) is 30.3 Å². The van der Waals surface area contributed by atoms with Gasteiger partial charge in [0, 0.05) is 23.3 Å². The first kappa shape index (κ1) is 17.9. The summed E-state index contributed by atoms with van der Waals surface area (Å²) in [5, 5.41) is 31.9. The van der Waals surface area contributed by atoms with Crippen molar-refractivity contribution in [2.24, 2.45) is 0 Å². The second-order valence-electron chi connectivity index (χ2n) is 6.33. The van der Waals surface area contributed by atoms with E-state index in [0.29, 0.717) is 27.1 Å². The number of fused-ring (bicyclic) bond motifs is 1. The van der Waals surface area contributed by atoms with Gasteiger partial charge in [0.15, 0.2) is 0 Å². The van der Waals surface area contributed by atoms with Gasteiger partial charge in [-0.15, -0.1) is 10.2 Å². The minimum absolute atomic E-state index is 0.0105. The molecule has 0 atom stereocenters. The molecule has 0 saturated carbocycles. The maximum absolute atomic E-state index is 11.0. The van der Waals surface area contributed by atoms with Crippen LogP contribution in [-0.2, 0) is 0 Å². The minimum Gasteiger partial charge on any atom is -0.497 e. The van der Waals surface area contributed by atoms with E-state index < -0.39 is 4.92 Å². The van der Waals surface area contributed by atoms with Crippen molar-refractivity contribution in [3.05, 3.63) is 64.7 Å². The van der Waals surface area contributed by atoms with Gasteiger partial charge in [-0.25, -0.2) is 0 Å². The molecule has 0 fully saturated rings. The summed E-state index contributed by atoms with van der Waals surface area (Å²) in [5.74, 6) is 1.27. The first-order chi connectivity index (χ1) is 14.6. The third-order valence-corrected chi connectivity index (χ3v) is 5.45. The van der Waals surface area contributed by atoms with E-state index in [2.05, 4.69) is 25.5 Å². The topological polar surface area (TPSA) is 124 Å². The fourth-order valence-corrected chi connectivity index (χ4v) is 3.84. The molecule has 0 aliphatic carbocycles. The normalized spacial score (nSPS) is 11.1. The van der Waals surface area contributed by atoms with Crippen molar-refractivity contribution in [1.29, 1.82) is 0 Å². The lowest BCUT2D eigenvalue weighted by atomic mass is 10.1. The van der Waals surface area contributed by atoms with E-state index in [-0.39, 0.29) is 5.69 Å². The number of aromatic nitrogens is 6. The number of aromatic amines is 1. The quantitative estimate of drug-likeness (QED) is 0.339. The van der Waals surface area contributed by atoms with Crippen LogP contribution in [-0.4, -0.2) is 42.0 Å². The number of non-ortho nitro benzene ring substituents is 1. The summed E-state index contributed by atoms with van der Waals surface area (Å²) in [4.78, 5) is 11.2. The average molecular weight is 419 g/mol. The van der Waals surface area contributed by atoms with E-state index in [4.69, 9.17) is 4.74 Å². The minimum atomic E-state index is -0.430. The molecule has 5 aromatic rings. The molecule has 0 amide bonds. The lowest BCUT2D eigenvalue weighted by Crippen LogP contribution is -1.92. The summed E-state index contributed by atoms with van der Waals surface area (Å²) >= 11 is 1.30. The number of hydrogen-bond acceptors (Lipinski definition) is 8. The fraction of sp³-hybridized carbons (Fsp3) is 0.0526. The van der Waals surface area contributed by atoms with Crippen LogP contribution in [0.5, 0.6) is 5.75 Å². The van der Waals surface area contributed by atoms with E-state index in [0.717, 1.165) is 17.0 Å². The highest BCUT2D eigenvalue weighted by atomic mass is 32.1. The molecule has 30 heavy (non-hydrogen) atoms. The Balaban J connectivity index is 1.51. The number of nitro benzene ring substituents is 1. The molecule has 0 aliphatic rings. The molecule has 0 saturated heterocycles. The van der Waals surface area contributed by atoms with Crippen LogP contribution < -0.4 is 4.74 Å². The SMILES string of the molecule is COc1ccc(-c2cc(-c3nnc4sc(-c5cccc([N+](=O)[O-])c5)nn34)[nH]n2)cc1. The molecule has 3 aromatic heterocycles. The maximum Gasteiger partial charge on any atom is 0.270 e. The molecule has 148 valence electrons. The van der Waals surface area contributed by atoms with Gasteiger partial charge in [-0.1, -0.05) is 23.5 Å². The fourth-order valence-electron chi connectivity index (χ4n) is 3.00. The molecule has 0 radical (unpaired) electrons. The lowest BCUT2D eigenvalue weighted by Gasteiger charge is -1.99. The monoisotopic (exact) mass is 419 g/mol. The van der Waals surface area contributed by atoms with Crippen molar-refractivity contribution in [1.82, 2.24) is 30.0 Å². The summed E-state index contributed by atoms with van der Waals surface area (Å²) in [6.45, 7) is 0. The Hall–Kier alpha value is -4.12. The first-order valence-electron chi connectivity index (χ1n) is 8.79. The Morgan fingerprint density at radius 3 is 2.70 bits per heavy atom. The molecule has 2 aromatic carbocycles. The zero-order chi connectivity index (χ0) is 20.7. The number of nitrogens with zero attached hydrogens (tertiary/aromatic N) is 6. The molecule has 0 aliphatic heterocycles. The highest BCUT2D eigenvalue weighted by molar-refractivity contribution is 7.19. The second kappa shape index (κ2) is 7.04. The molecule has 0 spiro atoms. The van der Waals surface area contributed by atoms with Gasteiger partial charge in [0.25, 0.3) is 5.69 Å². The number of methoxy groups -OCH3 is 1. The van der Waals surface area contributed by atoms with Crippen molar-refractivity contribution in [3.63, 3.8) is 0 Å². The van der Waals surface area contributed by atoms with Crippen LogP contribution in [0.4, 0.5) is 5.69 Å². The Morgan fingerprint density at radius 1 is 1.10 bits per heavy atom. The number of benzene rings is 2. The van der Waals surface area contributed by atoms with Crippen LogP contribution in [0.15, 0.2) is 54.6 Å². The van der Waals surface area contributed by atoms with Crippen molar-refractivity contribution in [2.45, 2.75) is 0 Å². The molecule has 5 rings (SSSR count). The first-order valence-corrected chi connectivity index (χ1v) is 9.61. The van der Waals surface area contributed by atoms with Crippen LogP contribution in [0.25, 0.3) is 38.3 Å². The molecule has 11 heteroatoms. The summed E-state index contributed by atoms with van der Waals surface area (Å²) in [7, 11) is 1.62. The van der Waals surface area contributed by atoms with E-state index in [9.17, 15) is 10.1 Å². The van der Waals surface area contributed by atoms with Crippen molar-refractivity contribution in [3.8, 4) is 39.1 Å². The van der Waals surface area contributed by atoms with Crippen LogP contribution in [0.1, 0.15) is 0 Å². The van der Waals surface area contributed by atoms with Gasteiger partial charge >= 0.3 is 0 Å². The van der Waals surface area contributed by atoms with Gasteiger partial charge in [-0.3, -0.25) is 15.2 Å². The molecular formula is C19H13N7O3S. The van der Waals surface area contributed by atoms with Gasteiger partial charge in [-0.2, -0.15) is 14.7 Å². The number of nitrogens with one attached hydrogen (secondary N) is 1. The van der Waals surface area contributed by atoms with Gasteiger partial charge < -0.3 is 4.74 Å². The standard InChI is InChI=1S/C19H13N7O3S/c1-29-14-7-5-11(6-8-14)15-10-16(21-20-15)17-22-23-19-25(17)24-18(30-19)12-3-2-4-13(9-12)26(27)28/h2-10H,1H3,(H,20,21). The molecule has 10 nitrogen and oxygen atoms in total. The van der Waals surface area contributed by atoms with Crippen LogP contribution in [0.2, 0.25) is 0 Å². The van der Waals surface area contributed by atoms with Crippen LogP contribution >= 0.6 is 11.3 Å². The Bertz CT molecular complexity index is 1370. The van der Waals surface area contributed by atoms with Crippen molar-refractivity contribution < 1.29 is 9.66 Å². The maximum atomic E-state index is 11.0. The van der Waals surface area contributed by atoms with Gasteiger partial charge in [0.05, 0.1) is 17.7 Å². The van der Waals surface area contributed by atoms with E-state index >= 15 is 0 Å². The Morgan fingerprint density at radius 2 is 1.93 bits per heavy atom. The number of nitro groups is 1. The molecule has 0 unspecified atom stereocenters. The van der Waals surface area contributed by atoms with E-state index in [1.54, 1.807) is 23.8 Å². The predicted octanol–water partition coefficient (Wildman–Crippen LogP) is 3.83. The third-order valence-electron chi connectivity index (χ3n) is 4.50. The molecular weight excluding hydrogens is 406 g/mol. The summed E-state index contributed by atoms with van der Waals surface area (Å²) < 4.78 is 6.78. The molecule has 3 heterocycles. The van der Waals surface area contributed by atoms with Gasteiger partial charge in [0.2, 0.25) is 10.8 Å². The zero-order valence-corrected chi connectivity index (χ0v) is 16.3. The number of rotatable bonds is 5. The van der Waals surface area contributed by atoms with Crippen molar-refractivity contribution >= 4 is 22.0 Å². The van der Waals surface area contributed by atoms with Crippen LogP contribution in [0.3, 0.4) is 0 Å². The zero-order valence-electron chi connectivity index (χ0n) is 15.5.